The van der Waals surface area contributed by atoms with Crippen LogP contribution in [0.4, 0.5) is 0 Å². The Morgan fingerprint density at radius 2 is 2.44 bits per heavy atom. The molecule has 1 heterocycles. The fourth-order valence-corrected chi connectivity index (χ4v) is 1.92. The largest absolute Gasteiger partial charge is 0.257 e. The van der Waals surface area contributed by atoms with Crippen LogP contribution in [0.5, 0.6) is 0 Å². The third kappa shape index (κ3) is 1.83. The van der Waals surface area contributed by atoms with E-state index in [2.05, 4.69) is 18.8 Å². The van der Waals surface area contributed by atoms with E-state index in [1.54, 1.807) is 0 Å². The van der Waals surface area contributed by atoms with Crippen LogP contribution in [0.2, 0.25) is 0 Å². The van der Waals surface area contributed by atoms with Crippen molar-refractivity contribution >= 4 is 8.19 Å². The highest BCUT2D eigenvalue weighted by atomic mass is 31.0. The van der Waals surface area contributed by atoms with Gasteiger partial charge in [-0.25, -0.2) is 0 Å². The minimum absolute atomic E-state index is 0.891. The smallest absolute Gasteiger partial charge is 0.0564 e. The summed E-state index contributed by atoms with van der Waals surface area (Å²) in [5.74, 6) is 0. The SMILES string of the molecule is CCCc1ncc(C)[pH]1. The second-order valence-corrected chi connectivity index (χ2v) is 3.88. The number of nitrogens with zero attached hydrogens (tertiary/aromatic N) is 1. The van der Waals surface area contributed by atoms with E-state index >= 15 is 0 Å². The normalized spacial score (nSPS) is 10.9. The second kappa shape index (κ2) is 3.03. The molecule has 0 aliphatic heterocycles. The lowest BCUT2D eigenvalue weighted by Crippen LogP contribution is -1.76. The molecule has 9 heavy (non-hydrogen) atoms. The summed E-state index contributed by atoms with van der Waals surface area (Å²) >= 11 is 0. The Balaban J connectivity index is 2.61. The lowest BCUT2D eigenvalue weighted by atomic mass is 10.4. The van der Waals surface area contributed by atoms with Gasteiger partial charge < -0.3 is 0 Å². The first-order valence-corrected chi connectivity index (χ1v) is 4.33. The molecule has 1 aromatic rings. The molecule has 0 radical (unpaired) electrons. The molecule has 1 unspecified atom stereocenters. The van der Waals surface area contributed by atoms with Gasteiger partial charge in [-0.05, 0) is 18.6 Å². The summed E-state index contributed by atoms with van der Waals surface area (Å²) in [6, 6.07) is 0. The van der Waals surface area contributed by atoms with Gasteiger partial charge in [-0.2, -0.15) is 0 Å². The molecule has 0 saturated carbocycles. The molecule has 1 rings (SSSR count). The Morgan fingerprint density at radius 3 is 2.89 bits per heavy atom. The van der Waals surface area contributed by atoms with Gasteiger partial charge in [0.25, 0.3) is 0 Å². The minimum atomic E-state index is 0.891. The number of rotatable bonds is 2. The Morgan fingerprint density at radius 1 is 1.67 bits per heavy atom. The van der Waals surface area contributed by atoms with Gasteiger partial charge in [0.2, 0.25) is 0 Å². The van der Waals surface area contributed by atoms with Crippen molar-refractivity contribution < 1.29 is 0 Å². The number of aryl methyl sites for hydroxylation is 2. The summed E-state index contributed by atoms with van der Waals surface area (Å²) in [5.41, 5.74) is 1.38. The van der Waals surface area contributed by atoms with Gasteiger partial charge >= 0.3 is 0 Å². The van der Waals surface area contributed by atoms with Gasteiger partial charge in [-0.3, -0.25) is 4.98 Å². The molecule has 1 aromatic heterocycles. The van der Waals surface area contributed by atoms with Crippen molar-refractivity contribution in [2.45, 2.75) is 26.7 Å². The third-order valence-corrected chi connectivity index (χ3v) is 2.43. The molecular weight excluding hydrogens is 129 g/mol. The molecule has 0 bridgehead atoms. The van der Waals surface area contributed by atoms with E-state index in [-0.39, 0.29) is 0 Å². The van der Waals surface area contributed by atoms with E-state index in [9.17, 15) is 0 Å². The Hall–Kier alpha value is -0.290. The summed E-state index contributed by atoms with van der Waals surface area (Å²) in [4.78, 5) is 4.27. The lowest BCUT2D eigenvalue weighted by molar-refractivity contribution is 0.909. The molecular formula is C7H12NP. The maximum atomic E-state index is 4.27. The van der Waals surface area contributed by atoms with E-state index in [0.29, 0.717) is 0 Å². The summed E-state index contributed by atoms with van der Waals surface area (Å²) in [5, 5.41) is 1.43. The minimum Gasteiger partial charge on any atom is -0.257 e. The fourth-order valence-electron chi connectivity index (χ4n) is 0.831. The molecule has 1 atom stereocenters. The molecule has 2 heteroatoms. The molecule has 0 spiro atoms. The predicted octanol–water partition coefficient (Wildman–Crippen LogP) is 2.37. The van der Waals surface area contributed by atoms with Crippen LogP contribution < -0.4 is 0 Å². The van der Waals surface area contributed by atoms with Crippen LogP contribution in [0, 0.1) is 6.92 Å². The zero-order valence-electron chi connectivity index (χ0n) is 5.94. The number of hydrogen-bond acceptors (Lipinski definition) is 1. The maximum Gasteiger partial charge on any atom is 0.0564 e. The van der Waals surface area contributed by atoms with Gasteiger partial charge in [0.15, 0.2) is 0 Å². The molecule has 0 N–H and O–H groups in total. The molecule has 0 aliphatic rings. The fraction of sp³-hybridized carbons (Fsp3) is 0.571. The highest BCUT2D eigenvalue weighted by molar-refractivity contribution is 7.31. The van der Waals surface area contributed by atoms with Crippen molar-refractivity contribution in [3.63, 3.8) is 0 Å². The van der Waals surface area contributed by atoms with Crippen molar-refractivity contribution in [2.24, 2.45) is 0 Å². The van der Waals surface area contributed by atoms with Crippen molar-refractivity contribution in [1.29, 1.82) is 0 Å². The molecule has 50 valence electrons. The van der Waals surface area contributed by atoms with Gasteiger partial charge in [0, 0.05) is 6.20 Å². The van der Waals surface area contributed by atoms with Crippen LogP contribution in [-0.4, -0.2) is 4.98 Å². The topological polar surface area (TPSA) is 12.9 Å². The number of aromatic nitrogens is 1. The van der Waals surface area contributed by atoms with Crippen molar-refractivity contribution in [1.82, 2.24) is 4.98 Å². The highest BCUT2D eigenvalue weighted by Gasteiger charge is 1.92. The Kier molecular flexibility index (Phi) is 2.29. The van der Waals surface area contributed by atoms with Gasteiger partial charge in [-0.1, -0.05) is 13.3 Å². The molecule has 0 aromatic carbocycles. The lowest BCUT2D eigenvalue weighted by Gasteiger charge is -1.86. The highest BCUT2D eigenvalue weighted by Crippen LogP contribution is 2.18. The van der Waals surface area contributed by atoms with Gasteiger partial charge in [0.05, 0.1) is 5.43 Å². The first kappa shape index (κ1) is 6.82. The van der Waals surface area contributed by atoms with E-state index in [0.717, 1.165) is 8.19 Å². The zero-order valence-corrected chi connectivity index (χ0v) is 6.94. The average molecular weight is 141 g/mol. The maximum absolute atomic E-state index is 4.27. The van der Waals surface area contributed by atoms with E-state index in [1.165, 1.54) is 23.6 Å². The third-order valence-electron chi connectivity index (χ3n) is 1.24. The van der Waals surface area contributed by atoms with Crippen LogP contribution in [0.15, 0.2) is 6.20 Å². The summed E-state index contributed by atoms with van der Waals surface area (Å²) in [6.45, 7) is 4.34. The second-order valence-electron chi connectivity index (χ2n) is 2.26. The first-order chi connectivity index (χ1) is 4.33. The number of hydrogen-bond donors (Lipinski definition) is 0. The quantitative estimate of drug-likeness (QED) is 0.616. The summed E-state index contributed by atoms with van der Waals surface area (Å²) in [7, 11) is 0.891. The van der Waals surface area contributed by atoms with E-state index in [4.69, 9.17) is 0 Å². The zero-order chi connectivity index (χ0) is 6.69. The van der Waals surface area contributed by atoms with Crippen LogP contribution >= 0.6 is 8.19 Å². The van der Waals surface area contributed by atoms with Crippen molar-refractivity contribution in [2.75, 3.05) is 0 Å². The van der Waals surface area contributed by atoms with Crippen LogP contribution in [0.25, 0.3) is 0 Å². The summed E-state index contributed by atoms with van der Waals surface area (Å²) in [6.07, 6.45) is 4.41. The standard InChI is InChI=1S/C7H12NP/c1-3-4-7-8-5-6(2)9-7/h5,9H,3-4H2,1-2H3. The van der Waals surface area contributed by atoms with Crippen LogP contribution in [0.3, 0.4) is 0 Å². The first-order valence-electron chi connectivity index (χ1n) is 3.33. The van der Waals surface area contributed by atoms with Crippen molar-refractivity contribution in [3.05, 3.63) is 16.9 Å². The molecule has 0 saturated heterocycles. The molecule has 0 amide bonds. The average Bonchev–Trinajstić information content (AvgIpc) is 2.17. The molecule has 1 nitrogen and oxygen atoms in total. The molecule has 0 aliphatic carbocycles. The molecule has 0 fully saturated rings. The van der Waals surface area contributed by atoms with Crippen molar-refractivity contribution in [3.8, 4) is 0 Å². The Bertz CT molecular complexity index is 181. The van der Waals surface area contributed by atoms with E-state index in [1.807, 2.05) is 6.20 Å². The Labute approximate surface area is 57.6 Å². The predicted molar refractivity (Wildman–Crippen MR) is 42.5 cm³/mol. The van der Waals surface area contributed by atoms with E-state index < -0.39 is 0 Å². The monoisotopic (exact) mass is 141 g/mol. The van der Waals surface area contributed by atoms with Gasteiger partial charge in [0.1, 0.15) is 0 Å². The van der Waals surface area contributed by atoms with Crippen LogP contribution in [0.1, 0.15) is 24.1 Å². The summed E-state index contributed by atoms with van der Waals surface area (Å²) < 4.78 is 0. The van der Waals surface area contributed by atoms with Crippen LogP contribution in [-0.2, 0) is 6.42 Å². The van der Waals surface area contributed by atoms with Gasteiger partial charge in [-0.15, -0.1) is 8.19 Å².